The quantitative estimate of drug-likeness (QED) is 0.800. The predicted molar refractivity (Wildman–Crippen MR) is 100 cm³/mol. The van der Waals surface area contributed by atoms with Gasteiger partial charge in [-0.15, -0.1) is 10.2 Å². The van der Waals surface area contributed by atoms with Crippen LogP contribution in [0.1, 0.15) is 19.3 Å². The van der Waals surface area contributed by atoms with Gasteiger partial charge in [0.2, 0.25) is 5.91 Å². The molecule has 2 heterocycles. The first kappa shape index (κ1) is 17.5. The maximum Gasteiger partial charge on any atom is 0.234 e. The zero-order valence-corrected chi connectivity index (χ0v) is 15.1. The number of nitrogens with one attached hydrogen (secondary N) is 1. The first-order chi connectivity index (χ1) is 12.2. The fraction of sp³-hybridized carbons (Fsp3) is 0.389. The molecule has 0 atom stereocenters. The highest BCUT2D eigenvalue weighted by atomic mass is 32.2. The second kappa shape index (κ2) is 8.71. The SMILES string of the molecule is COc1ccc(NC(=O)CSc2ccc(N3CCCCC3)nn2)cc1. The monoisotopic (exact) mass is 358 g/mol. The molecule has 1 aromatic carbocycles. The Morgan fingerprint density at radius 3 is 2.52 bits per heavy atom. The van der Waals surface area contributed by atoms with E-state index in [0.717, 1.165) is 35.4 Å². The van der Waals surface area contributed by atoms with Gasteiger partial charge in [-0.3, -0.25) is 4.79 Å². The van der Waals surface area contributed by atoms with E-state index in [2.05, 4.69) is 20.4 Å². The summed E-state index contributed by atoms with van der Waals surface area (Å²) in [5.74, 6) is 1.91. The Morgan fingerprint density at radius 1 is 1.12 bits per heavy atom. The third-order valence-electron chi connectivity index (χ3n) is 4.03. The van der Waals surface area contributed by atoms with Crippen molar-refractivity contribution in [2.45, 2.75) is 24.3 Å². The van der Waals surface area contributed by atoms with E-state index in [0.29, 0.717) is 5.75 Å². The fourth-order valence-corrected chi connectivity index (χ4v) is 3.31. The Kier molecular flexibility index (Phi) is 6.11. The zero-order valence-electron chi connectivity index (χ0n) is 14.3. The van der Waals surface area contributed by atoms with Gasteiger partial charge in [0.25, 0.3) is 0 Å². The van der Waals surface area contributed by atoms with E-state index in [9.17, 15) is 4.79 Å². The summed E-state index contributed by atoms with van der Waals surface area (Å²) in [6.07, 6.45) is 3.72. The molecule has 1 N–H and O–H groups in total. The Morgan fingerprint density at radius 2 is 1.88 bits per heavy atom. The topological polar surface area (TPSA) is 67.3 Å². The van der Waals surface area contributed by atoms with Crippen LogP contribution in [0.2, 0.25) is 0 Å². The van der Waals surface area contributed by atoms with Gasteiger partial charge in [0.1, 0.15) is 10.8 Å². The minimum atomic E-state index is -0.0722. The molecule has 132 valence electrons. The molecule has 0 spiro atoms. The molecule has 1 amide bonds. The first-order valence-electron chi connectivity index (χ1n) is 8.40. The number of methoxy groups -OCH3 is 1. The van der Waals surface area contributed by atoms with Crippen LogP contribution in [0.15, 0.2) is 41.4 Å². The number of piperidine rings is 1. The lowest BCUT2D eigenvalue weighted by Crippen LogP contribution is -2.30. The number of carbonyl (C=O) groups excluding carboxylic acids is 1. The number of ether oxygens (including phenoxy) is 1. The Labute approximate surface area is 152 Å². The van der Waals surface area contributed by atoms with Crippen molar-refractivity contribution in [3.63, 3.8) is 0 Å². The number of carbonyl (C=O) groups is 1. The molecule has 1 fully saturated rings. The summed E-state index contributed by atoms with van der Waals surface area (Å²) in [6.45, 7) is 2.09. The van der Waals surface area contributed by atoms with Gasteiger partial charge in [0.15, 0.2) is 5.82 Å². The summed E-state index contributed by atoms with van der Waals surface area (Å²) in [5, 5.41) is 12.1. The van der Waals surface area contributed by atoms with Crippen molar-refractivity contribution < 1.29 is 9.53 Å². The first-order valence-corrected chi connectivity index (χ1v) is 9.38. The summed E-state index contributed by atoms with van der Waals surface area (Å²) in [6, 6.07) is 11.2. The molecule has 7 heteroatoms. The van der Waals surface area contributed by atoms with Gasteiger partial charge in [-0.2, -0.15) is 0 Å². The van der Waals surface area contributed by atoms with Gasteiger partial charge < -0.3 is 15.0 Å². The van der Waals surface area contributed by atoms with Crippen molar-refractivity contribution in [2.24, 2.45) is 0 Å². The minimum Gasteiger partial charge on any atom is -0.497 e. The van der Waals surface area contributed by atoms with Gasteiger partial charge in [-0.25, -0.2) is 0 Å². The van der Waals surface area contributed by atoms with E-state index in [1.165, 1.54) is 31.0 Å². The van der Waals surface area contributed by atoms with Crippen molar-refractivity contribution in [2.75, 3.05) is 36.2 Å². The van der Waals surface area contributed by atoms with Crippen molar-refractivity contribution in [3.05, 3.63) is 36.4 Å². The van der Waals surface area contributed by atoms with E-state index in [4.69, 9.17) is 4.74 Å². The molecule has 25 heavy (non-hydrogen) atoms. The lowest BCUT2D eigenvalue weighted by Gasteiger charge is -2.27. The molecule has 6 nitrogen and oxygen atoms in total. The van der Waals surface area contributed by atoms with Crippen LogP contribution >= 0.6 is 11.8 Å². The maximum absolute atomic E-state index is 12.0. The average molecular weight is 358 g/mol. The second-order valence-corrected chi connectivity index (χ2v) is 6.84. The van der Waals surface area contributed by atoms with E-state index in [1.807, 2.05) is 36.4 Å². The third kappa shape index (κ3) is 5.09. The lowest BCUT2D eigenvalue weighted by molar-refractivity contribution is -0.113. The van der Waals surface area contributed by atoms with Crippen LogP contribution in [0.4, 0.5) is 11.5 Å². The summed E-state index contributed by atoms with van der Waals surface area (Å²) >= 11 is 1.38. The van der Waals surface area contributed by atoms with Crippen LogP contribution in [0.3, 0.4) is 0 Å². The van der Waals surface area contributed by atoms with Crippen LogP contribution in [0, 0.1) is 0 Å². The van der Waals surface area contributed by atoms with Gasteiger partial charge in [0, 0.05) is 18.8 Å². The van der Waals surface area contributed by atoms with Crippen LogP contribution in [0.5, 0.6) is 5.75 Å². The fourth-order valence-electron chi connectivity index (χ4n) is 2.69. The number of benzene rings is 1. The van der Waals surface area contributed by atoms with Gasteiger partial charge in [0.05, 0.1) is 12.9 Å². The Bertz CT molecular complexity index is 685. The Balaban J connectivity index is 1.47. The number of aromatic nitrogens is 2. The number of rotatable bonds is 6. The number of anilines is 2. The van der Waals surface area contributed by atoms with Crippen molar-refractivity contribution >= 4 is 29.2 Å². The van der Waals surface area contributed by atoms with E-state index in [-0.39, 0.29) is 5.91 Å². The van der Waals surface area contributed by atoms with Crippen LogP contribution < -0.4 is 15.0 Å². The molecule has 3 rings (SSSR count). The molecule has 1 aliphatic rings. The highest BCUT2D eigenvalue weighted by Gasteiger charge is 2.12. The largest absolute Gasteiger partial charge is 0.497 e. The average Bonchev–Trinajstić information content (AvgIpc) is 2.68. The molecule has 0 radical (unpaired) electrons. The highest BCUT2D eigenvalue weighted by molar-refractivity contribution is 7.99. The molecular weight excluding hydrogens is 336 g/mol. The standard InChI is InChI=1S/C18H22N4O2S/c1-24-15-7-5-14(6-8-15)19-17(23)13-25-18-10-9-16(20-21-18)22-11-3-2-4-12-22/h5-10H,2-4,11-13H2,1H3,(H,19,23). The molecule has 1 aromatic heterocycles. The number of amides is 1. The third-order valence-corrected chi connectivity index (χ3v) is 4.95. The van der Waals surface area contributed by atoms with Gasteiger partial charge >= 0.3 is 0 Å². The number of hydrogen-bond acceptors (Lipinski definition) is 6. The summed E-state index contributed by atoms with van der Waals surface area (Å²) in [5.41, 5.74) is 0.748. The van der Waals surface area contributed by atoms with Crippen molar-refractivity contribution in [3.8, 4) is 5.75 Å². The second-order valence-electron chi connectivity index (χ2n) is 5.84. The van der Waals surface area contributed by atoms with Crippen LogP contribution in [-0.2, 0) is 4.79 Å². The predicted octanol–water partition coefficient (Wildman–Crippen LogP) is 3.21. The van der Waals surface area contributed by atoms with Crippen molar-refractivity contribution in [1.82, 2.24) is 10.2 Å². The summed E-state index contributed by atoms with van der Waals surface area (Å²) < 4.78 is 5.10. The van der Waals surface area contributed by atoms with E-state index >= 15 is 0 Å². The minimum absolute atomic E-state index is 0.0722. The van der Waals surface area contributed by atoms with Crippen LogP contribution in [0.25, 0.3) is 0 Å². The van der Waals surface area contributed by atoms with Gasteiger partial charge in [-0.1, -0.05) is 11.8 Å². The number of nitrogens with zero attached hydrogens (tertiary/aromatic N) is 3. The zero-order chi connectivity index (χ0) is 17.5. The van der Waals surface area contributed by atoms with E-state index < -0.39 is 0 Å². The van der Waals surface area contributed by atoms with Crippen molar-refractivity contribution in [1.29, 1.82) is 0 Å². The smallest absolute Gasteiger partial charge is 0.234 e. The summed E-state index contributed by atoms with van der Waals surface area (Å²) in [4.78, 5) is 14.3. The molecule has 1 aliphatic heterocycles. The normalized spacial score (nSPS) is 14.2. The molecule has 0 aliphatic carbocycles. The van der Waals surface area contributed by atoms with Crippen LogP contribution in [-0.4, -0.2) is 42.1 Å². The van der Waals surface area contributed by atoms with E-state index in [1.54, 1.807) is 7.11 Å². The molecule has 0 unspecified atom stereocenters. The van der Waals surface area contributed by atoms with Gasteiger partial charge in [-0.05, 0) is 55.7 Å². The molecule has 0 saturated carbocycles. The number of thioether (sulfide) groups is 1. The Hall–Kier alpha value is -2.28. The summed E-state index contributed by atoms with van der Waals surface area (Å²) in [7, 11) is 1.61. The molecule has 2 aromatic rings. The maximum atomic E-state index is 12.0. The number of hydrogen-bond donors (Lipinski definition) is 1. The highest BCUT2D eigenvalue weighted by Crippen LogP contribution is 2.21. The molecular formula is C18H22N4O2S. The lowest BCUT2D eigenvalue weighted by atomic mass is 10.1. The molecule has 1 saturated heterocycles. The molecule has 0 bridgehead atoms.